The fourth-order valence-electron chi connectivity index (χ4n) is 2.96. The average Bonchev–Trinajstić information content (AvgIpc) is 2.81. The van der Waals surface area contributed by atoms with E-state index in [9.17, 15) is 0 Å². The van der Waals surface area contributed by atoms with Crippen LogP contribution in [0.3, 0.4) is 0 Å². The summed E-state index contributed by atoms with van der Waals surface area (Å²) in [5.74, 6) is 0. The van der Waals surface area contributed by atoms with Crippen LogP contribution in [0.4, 0.5) is 5.69 Å². The molecule has 1 unspecified atom stereocenters. The van der Waals surface area contributed by atoms with Crippen molar-refractivity contribution in [2.75, 3.05) is 5.73 Å². The summed E-state index contributed by atoms with van der Waals surface area (Å²) in [7, 11) is 0. The second-order valence-electron chi connectivity index (χ2n) is 5.49. The van der Waals surface area contributed by atoms with Crippen molar-refractivity contribution in [1.29, 1.82) is 0 Å². The summed E-state index contributed by atoms with van der Waals surface area (Å²) < 4.78 is 0. The fraction of sp³-hybridized carbons (Fsp3) is 0.294. The number of benzene rings is 2. The monoisotopic (exact) mass is 286 g/mol. The van der Waals surface area contributed by atoms with Gasteiger partial charge in [-0.3, -0.25) is 0 Å². The summed E-state index contributed by atoms with van der Waals surface area (Å²) in [5, 5.41) is 4.49. The van der Waals surface area contributed by atoms with Crippen LogP contribution in [0.25, 0.3) is 0 Å². The number of aryl methyl sites for hydroxylation is 1. The lowest BCUT2D eigenvalue weighted by molar-refractivity contribution is 0.465. The van der Waals surface area contributed by atoms with Crippen LogP contribution in [0.1, 0.15) is 42.1 Å². The number of hydrogen-bond acceptors (Lipinski definition) is 2. The van der Waals surface area contributed by atoms with Crippen LogP contribution in [0.15, 0.2) is 42.5 Å². The Labute approximate surface area is 125 Å². The zero-order chi connectivity index (χ0) is 14.1. The van der Waals surface area contributed by atoms with Gasteiger partial charge < -0.3 is 11.1 Å². The van der Waals surface area contributed by atoms with Gasteiger partial charge >= 0.3 is 0 Å². The molecule has 0 saturated carbocycles. The number of rotatable bonds is 3. The molecule has 3 rings (SSSR count). The molecule has 2 aromatic carbocycles. The predicted octanol–water partition coefficient (Wildman–Crippen LogP) is 4.26. The van der Waals surface area contributed by atoms with Crippen molar-refractivity contribution < 1.29 is 0 Å². The van der Waals surface area contributed by atoms with Gasteiger partial charge in [0.25, 0.3) is 0 Å². The molecule has 0 aliphatic heterocycles. The summed E-state index contributed by atoms with van der Waals surface area (Å²) in [4.78, 5) is 0. The van der Waals surface area contributed by atoms with Crippen molar-refractivity contribution in [3.8, 4) is 0 Å². The van der Waals surface area contributed by atoms with E-state index in [1.807, 2.05) is 18.2 Å². The highest BCUT2D eigenvalue weighted by Crippen LogP contribution is 2.34. The van der Waals surface area contributed by atoms with Crippen LogP contribution < -0.4 is 11.1 Å². The molecule has 2 aromatic rings. The molecule has 0 bridgehead atoms. The maximum absolute atomic E-state index is 5.94. The molecule has 1 aliphatic rings. The van der Waals surface area contributed by atoms with E-state index >= 15 is 0 Å². The van der Waals surface area contributed by atoms with Gasteiger partial charge in [-0.05, 0) is 60.7 Å². The highest BCUT2D eigenvalue weighted by atomic mass is 35.5. The number of nitrogens with two attached hydrogens (primary N) is 1. The third-order valence-electron chi connectivity index (χ3n) is 4.07. The molecule has 0 radical (unpaired) electrons. The lowest BCUT2D eigenvalue weighted by Crippen LogP contribution is -2.22. The summed E-state index contributed by atoms with van der Waals surface area (Å²) in [5.41, 5.74) is 10.7. The Morgan fingerprint density at radius 1 is 1.20 bits per heavy atom. The molecule has 0 aromatic heterocycles. The highest BCUT2D eigenvalue weighted by molar-refractivity contribution is 6.30. The van der Waals surface area contributed by atoms with Gasteiger partial charge in [-0.2, -0.15) is 0 Å². The Balaban J connectivity index is 1.75. The van der Waals surface area contributed by atoms with Crippen molar-refractivity contribution in [2.45, 2.75) is 31.8 Å². The van der Waals surface area contributed by atoms with E-state index in [-0.39, 0.29) is 0 Å². The third-order valence-corrected chi connectivity index (χ3v) is 4.32. The molecule has 0 saturated heterocycles. The molecule has 3 N–H and O–H groups in total. The minimum absolute atomic E-state index is 0.306. The van der Waals surface area contributed by atoms with Gasteiger partial charge in [0.2, 0.25) is 0 Å². The van der Waals surface area contributed by atoms with E-state index in [0.29, 0.717) is 12.1 Å². The Hall–Kier alpha value is -1.51. The molecule has 2 atom stereocenters. The molecule has 0 heterocycles. The number of fused-ring (bicyclic) bond motifs is 1. The summed E-state index contributed by atoms with van der Waals surface area (Å²) >= 11 is 5.94. The molecule has 1 aliphatic carbocycles. The molecule has 104 valence electrons. The third kappa shape index (κ3) is 2.67. The number of halogens is 1. The molecule has 0 amide bonds. The van der Waals surface area contributed by atoms with Crippen LogP contribution >= 0.6 is 11.6 Å². The van der Waals surface area contributed by atoms with Crippen LogP contribution in [0, 0.1) is 0 Å². The Morgan fingerprint density at radius 2 is 1.95 bits per heavy atom. The molecule has 0 spiro atoms. The van der Waals surface area contributed by atoms with E-state index in [1.165, 1.54) is 16.7 Å². The fourth-order valence-corrected chi connectivity index (χ4v) is 3.09. The van der Waals surface area contributed by atoms with E-state index in [1.54, 1.807) is 0 Å². The zero-order valence-electron chi connectivity index (χ0n) is 11.6. The first-order valence-electron chi connectivity index (χ1n) is 7.03. The normalized spacial score (nSPS) is 18.8. The van der Waals surface area contributed by atoms with Gasteiger partial charge in [-0.15, -0.1) is 0 Å². The second-order valence-corrected chi connectivity index (χ2v) is 5.93. The van der Waals surface area contributed by atoms with Crippen molar-refractivity contribution in [3.05, 3.63) is 64.2 Å². The summed E-state index contributed by atoms with van der Waals surface area (Å²) in [6.07, 6.45) is 2.24. The van der Waals surface area contributed by atoms with Crippen LogP contribution in [-0.4, -0.2) is 0 Å². The van der Waals surface area contributed by atoms with E-state index in [0.717, 1.165) is 23.6 Å². The SMILES string of the molecule is C[C@H](NC1CCc2cc(N)ccc21)c1ccc(Cl)cc1. The molecule has 20 heavy (non-hydrogen) atoms. The minimum atomic E-state index is 0.306. The van der Waals surface area contributed by atoms with Crippen molar-refractivity contribution in [2.24, 2.45) is 0 Å². The van der Waals surface area contributed by atoms with Crippen molar-refractivity contribution in [3.63, 3.8) is 0 Å². The molecule has 0 fully saturated rings. The van der Waals surface area contributed by atoms with Crippen LogP contribution in [0.5, 0.6) is 0 Å². The minimum Gasteiger partial charge on any atom is -0.399 e. The second kappa shape index (κ2) is 5.47. The Morgan fingerprint density at radius 3 is 2.70 bits per heavy atom. The first-order chi connectivity index (χ1) is 9.63. The first-order valence-corrected chi connectivity index (χ1v) is 7.41. The Bertz CT molecular complexity index is 607. The quantitative estimate of drug-likeness (QED) is 0.828. The van der Waals surface area contributed by atoms with Crippen molar-refractivity contribution in [1.82, 2.24) is 5.32 Å². The first kappa shape index (κ1) is 13.5. The van der Waals surface area contributed by atoms with Gasteiger partial charge in [-0.1, -0.05) is 29.8 Å². The van der Waals surface area contributed by atoms with E-state index in [4.69, 9.17) is 17.3 Å². The maximum Gasteiger partial charge on any atom is 0.0406 e. The van der Waals surface area contributed by atoms with E-state index in [2.05, 4.69) is 36.5 Å². The lowest BCUT2D eigenvalue weighted by Gasteiger charge is -2.21. The summed E-state index contributed by atoms with van der Waals surface area (Å²) in [6, 6.07) is 15.0. The molecule has 3 heteroatoms. The average molecular weight is 287 g/mol. The van der Waals surface area contributed by atoms with Gasteiger partial charge in [0, 0.05) is 22.8 Å². The number of nitrogen functional groups attached to an aromatic ring is 1. The van der Waals surface area contributed by atoms with Crippen LogP contribution in [-0.2, 0) is 6.42 Å². The largest absolute Gasteiger partial charge is 0.399 e. The number of nitrogens with one attached hydrogen (secondary N) is 1. The topological polar surface area (TPSA) is 38.0 Å². The maximum atomic E-state index is 5.94. The van der Waals surface area contributed by atoms with E-state index < -0.39 is 0 Å². The van der Waals surface area contributed by atoms with Crippen LogP contribution in [0.2, 0.25) is 5.02 Å². The highest BCUT2D eigenvalue weighted by Gasteiger charge is 2.23. The molecule has 2 nitrogen and oxygen atoms in total. The number of anilines is 1. The lowest BCUT2D eigenvalue weighted by atomic mass is 10.0. The standard InChI is InChI=1S/C17H19ClN2/c1-11(12-2-5-14(18)6-3-12)20-17-9-4-13-10-15(19)7-8-16(13)17/h2-3,5-8,10-11,17,20H,4,9,19H2,1H3/t11-,17?/m0/s1. The van der Waals surface area contributed by atoms with Gasteiger partial charge in [0.15, 0.2) is 0 Å². The molecular weight excluding hydrogens is 268 g/mol. The zero-order valence-corrected chi connectivity index (χ0v) is 12.3. The number of hydrogen-bond donors (Lipinski definition) is 2. The summed E-state index contributed by atoms with van der Waals surface area (Å²) in [6.45, 7) is 2.19. The smallest absolute Gasteiger partial charge is 0.0406 e. The Kier molecular flexibility index (Phi) is 3.68. The predicted molar refractivity (Wildman–Crippen MR) is 84.9 cm³/mol. The molecular formula is C17H19ClN2. The van der Waals surface area contributed by atoms with Crippen molar-refractivity contribution >= 4 is 17.3 Å². The van der Waals surface area contributed by atoms with Gasteiger partial charge in [-0.25, -0.2) is 0 Å². The van der Waals surface area contributed by atoms with Gasteiger partial charge in [0.1, 0.15) is 0 Å². The van der Waals surface area contributed by atoms with Gasteiger partial charge in [0.05, 0.1) is 0 Å².